The Bertz CT molecular complexity index is 827. The molecule has 1 N–H and O–H groups in total. The monoisotopic (exact) mass is 333 g/mol. The van der Waals surface area contributed by atoms with Crippen molar-refractivity contribution in [2.45, 2.75) is 31.2 Å². The van der Waals surface area contributed by atoms with E-state index in [2.05, 4.69) is 14.9 Å². The van der Waals surface area contributed by atoms with Crippen molar-refractivity contribution in [2.75, 3.05) is 6.26 Å². The fourth-order valence-corrected chi connectivity index (χ4v) is 3.64. The van der Waals surface area contributed by atoms with Crippen LogP contribution in [0.1, 0.15) is 28.2 Å². The molecule has 6 nitrogen and oxygen atoms in total. The first-order chi connectivity index (χ1) is 10.9. The molecular weight excluding hydrogens is 314 g/mol. The standard InChI is InChI=1S/C16H19N3O3S/c1-23(21,22)11-12-3-2-4-13(9-12)16(20)18-14-5-6-15-17-7-8-19(15)10-14/h2-4,7-9,14H,5-6,10-11H2,1H3,(H,18,20). The van der Waals surface area contributed by atoms with Crippen LogP contribution in [0.3, 0.4) is 0 Å². The predicted molar refractivity (Wildman–Crippen MR) is 86.8 cm³/mol. The Morgan fingerprint density at radius 3 is 3.04 bits per heavy atom. The Balaban J connectivity index is 1.68. The number of benzene rings is 1. The van der Waals surface area contributed by atoms with Crippen LogP contribution in [-0.4, -0.2) is 36.2 Å². The highest BCUT2D eigenvalue weighted by molar-refractivity contribution is 7.89. The summed E-state index contributed by atoms with van der Waals surface area (Å²) in [4.78, 5) is 16.7. The number of hydrogen-bond donors (Lipinski definition) is 1. The topological polar surface area (TPSA) is 81.1 Å². The number of rotatable bonds is 4. The second-order valence-corrected chi connectivity index (χ2v) is 8.12. The summed E-state index contributed by atoms with van der Waals surface area (Å²) in [6.45, 7) is 0.712. The molecule has 0 radical (unpaired) electrons. The average Bonchev–Trinajstić information content (AvgIpc) is 2.93. The molecule has 0 fully saturated rings. The molecule has 0 saturated carbocycles. The molecule has 1 unspecified atom stereocenters. The number of nitrogens with zero attached hydrogens (tertiary/aromatic N) is 2. The summed E-state index contributed by atoms with van der Waals surface area (Å²) in [7, 11) is -3.12. The lowest BCUT2D eigenvalue weighted by atomic mass is 10.1. The maximum atomic E-state index is 12.4. The minimum Gasteiger partial charge on any atom is -0.347 e. The summed E-state index contributed by atoms with van der Waals surface area (Å²) in [5.74, 6) is 0.815. The number of carbonyl (C=O) groups is 1. The van der Waals surface area contributed by atoms with Crippen molar-refractivity contribution in [1.82, 2.24) is 14.9 Å². The lowest BCUT2D eigenvalue weighted by Gasteiger charge is -2.24. The quantitative estimate of drug-likeness (QED) is 0.911. The lowest BCUT2D eigenvalue weighted by molar-refractivity contribution is 0.0927. The maximum Gasteiger partial charge on any atom is 0.251 e. The molecule has 3 rings (SSSR count). The molecule has 0 saturated heterocycles. The predicted octanol–water partition coefficient (Wildman–Crippen LogP) is 1.17. The lowest BCUT2D eigenvalue weighted by Crippen LogP contribution is -2.40. The molecule has 122 valence electrons. The zero-order valence-corrected chi connectivity index (χ0v) is 13.7. The van der Waals surface area contributed by atoms with Gasteiger partial charge >= 0.3 is 0 Å². The Labute approximate surface area is 135 Å². The molecule has 2 heterocycles. The molecule has 23 heavy (non-hydrogen) atoms. The van der Waals surface area contributed by atoms with E-state index in [1.54, 1.807) is 30.5 Å². The first-order valence-corrected chi connectivity index (χ1v) is 9.54. The molecule has 1 aromatic heterocycles. The summed E-state index contributed by atoms with van der Waals surface area (Å²) in [6, 6.07) is 6.83. The molecule has 1 aromatic carbocycles. The number of amides is 1. The Hall–Kier alpha value is -2.15. The fraction of sp³-hybridized carbons (Fsp3) is 0.375. The number of imidazole rings is 1. The van der Waals surface area contributed by atoms with Gasteiger partial charge in [0.15, 0.2) is 9.84 Å². The van der Waals surface area contributed by atoms with Crippen molar-refractivity contribution in [1.29, 1.82) is 0 Å². The largest absolute Gasteiger partial charge is 0.347 e. The molecule has 2 aromatic rings. The third-order valence-electron chi connectivity index (χ3n) is 3.89. The van der Waals surface area contributed by atoms with E-state index in [0.29, 0.717) is 17.7 Å². The second kappa shape index (κ2) is 6.16. The van der Waals surface area contributed by atoms with Crippen LogP contribution < -0.4 is 5.32 Å². The van der Waals surface area contributed by atoms with Crippen molar-refractivity contribution < 1.29 is 13.2 Å². The summed E-state index contributed by atoms with van der Waals surface area (Å²) < 4.78 is 24.8. The smallest absolute Gasteiger partial charge is 0.251 e. The zero-order valence-electron chi connectivity index (χ0n) is 12.9. The Morgan fingerprint density at radius 2 is 2.26 bits per heavy atom. The van der Waals surface area contributed by atoms with E-state index in [9.17, 15) is 13.2 Å². The van der Waals surface area contributed by atoms with Gasteiger partial charge in [-0.25, -0.2) is 13.4 Å². The third-order valence-corrected chi connectivity index (χ3v) is 4.75. The highest BCUT2D eigenvalue weighted by Crippen LogP contribution is 2.14. The van der Waals surface area contributed by atoms with Gasteiger partial charge in [0.05, 0.1) is 5.75 Å². The van der Waals surface area contributed by atoms with E-state index in [1.165, 1.54) is 6.26 Å². The van der Waals surface area contributed by atoms with Crippen molar-refractivity contribution in [3.8, 4) is 0 Å². The Kier molecular flexibility index (Phi) is 4.21. The third kappa shape index (κ3) is 3.98. The van der Waals surface area contributed by atoms with Crippen LogP contribution in [0.5, 0.6) is 0 Å². The van der Waals surface area contributed by atoms with E-state index in [4.69, 9.17) is 0 Å². The zero-order chi connectivity index (χ0) is 16.4. The minimum absolute atomic E-state index is 0.0581. The maximum absolute atomic E-state index is 12.4. The highest BCUT2D eigenvalue weighted by atomic mass is 32.2. The molecule has 1 atom stereocenters. The van der Waals surface area contributed by atoms with Crippen LogP contribution in [0.25, 0.3) is 0 Å². The SMILES string of the molecule is CS(=O)(=O)Cc1cccc(C(=O)NC2CCc3nccn3C2)c1. The molecule has 0 bridgehead atoms. The fourth-order valence-electron chi connectivity index (χ4n) is 2.86. The molecule has 1 amide bonds. The van der Waals surface area contributed by atoms with Gasteiger partial charge in [-0.1, -0.05) is 12.1 Å². The van der Waals surface area contributed by atoms with Crippen LogP contribution in [-0.2, 0) is 28.6 Å². The normalized spacial score (nSPS) is 17.5. The molecule has 1 aliphatic rings. The van der Waals surface area contributed by atoms with Gasteiger partial charge in [-0.15, -0.1) is 0 Å². The first-order valence-electron chi connectivity index (χ1n) is 7.48. The first kappa shape index (κ1) is 15.7. The van der Waals surface area contributed by atoms with E-state index in [0.717, 1.165) is 18.7 Å². The van der Waals surface area contributed by atoms with Crippen molar-refractivity contribution >= 4 is 15.7 Å². The van der Waals surface area contributed by atoms with Crippen LogP contribution in [0.15, 0.2) is 36.7 Å². The number of fused-ring (bicyclic) bond motifs is 1. The van der Waals surface area contributed by atoms with Gasteiger partial charge in [0.2, 0.25) is 0 Å². The van der Waals surface area contributed by atoms with Gasteiger partial charge in [-0.3, -0.25) is 4.79 Å². The minimum atomic E-state index is -3.12. The van der Waals surface area contributed by atoms with Crippen LogP contribution in [0.2, 0.25) is 0 Å². The van der Waals surface area contributed by atoms with Crippen molar-refractivity contribution in [3.63, 3.8) is 0 Å². The summed E-state index contributed by atoms with van der Waals surface area (Å²) in [5.41, 5.74) is 1.11. The van der Waals surface area contributed by atoms with Gasteiger partial charge in [0.25, 0.3) is 5.91 Å². The van der Waals surface area contributed by atoms with E-state index < -0.39 is 9.84 Å². The molecule has 0 spiro atoms. The highest BCUT2D eigenvalue weighted by Gasteiger charge is 2.21. The number of hydrogen-bond acceptors (Lipinski definition) is 4. The molecule has 1 aliphatic heterocycles. The van der Waals surface area contributed by atoms with Crippen molar-refractivity contribution in [2.24, 2.45) is 0 Å². The van der Waals surface area contributed by atoms with Gasteiger partial charge in [-0.2, -0.15) is 0 Å². The van der Waals surface area contributed by atoms with E-state index >= 15 is 0 Å². The van der Waals surface area contributed by atoms with Crippen LogP contribution in [0.4, 0.5) is 0 Å². The second-order valence-electron chi connectivity index (χ2n) is 5.98. The van der Waals surface area contributed by atoms with E-state index in [1.807, 2.05) is 6.20 Å². The summed E-state index contributed by atoms with van der Waals surface area (Å²) in [6.07, 6.45) is 6.57. The van der Waals surface area contributed by atoms with Crippen LogP contribution >= 0.6 is 0 Å². The summed E-state index contributed by atoms with van der Waals surface area (Å²) >= 11 is 0. The van der Waals surface area contributed by atoms with Crippen molar-refractivity contribution in [3.05, 3.63) is 53.6 Å². The average molecular weight is 333 g/mol. The van der Waals surface area contributed by atoms with Gasteiger partial charge < -0.3 is 9.88 Å². The number of sulfone groups is 1. The number of aryl methyl sites for hydroxylation is 1. The van der Waals surface area contributed by atoms with Crippen LogP contribution in [0, 0.1) is 0 Å². The number of nitrogens with one attached hydrogen (secondary N) is 1. The number of carbonyl (C=O) groups excluding carboxylic acids is 1. The van der Waals surface area contributed by atoms with Gasteiger partial charge in [0.1, 0.15) is 5.82 Å². The Morgan fingerprint density at radius 1 is 1.43 bits per heavy atom. The van der Waals surface area contributed by atoms with E-state index in [-0.39, 0.29) is 17.7 Å². The molecular formula is C16H19N3O3S. The molecule has 0 aliphatic carbocycles. The van der Waals surface area contributed by atoms with Gasteiger partial charge in [0, 0.05) is 43.2 Å². The molecule has 7 heteroatoms. The summed E-state index contributed by atoms with van der Waals surface area (Å²) in [5, 5.41) is 3.02. The number of aromatic nitrogens is 2. The van der Waals surface area contributed by atoms with Gasteiger partial charge in [-0.05, 0) is 24.1 Å².